The zero-order chi connectivity index (χ0) is 20.3. The van der Waals surface area contributed by atoms with Gasteiger partial charge in [-0.25, -0.2) is 22.9 Å². The quantitative estimate of drug-likeness (QED) is 0.494. The second kappa shape index (κ2) is 8.47. The zero-order valence-corrected chi connectivity index (χ0v) is 18.2. The van der Waals surface area contributed by atoms with Crippen molar-refractivity contribution in [1.82, 2.24) is 14.3 Å². The van der Waals surface area contributed by atoms with Gasteiger partial charge >= 0.3 is 6.03 Å². The predicted octanol–water partition coefficient (Wildman–Crippen LogP) is 2.93. The Balaban J connectivity index is 1.87. The molecule has 1 aromatic carbocycles. The SMILES string of the molecule is COCCOc1cccc2c(S(=O)(=O)NC(=O)Nc3ncc(Br)s3)cn(C)c12. The van der Waals surface area contributed by atoms with E-state index in [9.17, 15) is 13.2 Å². The highest BCUT2D eigenvalue weighted by molar-refractivity contribution is 9.11. The number of thiazole rings is 1. The number of aryl methyl sites for hydroxylation is 1. The fourth-order valence-electron chi connectivity index (χ4n) is 2.57. The average molecular weight is 489 g/mol. The Morgan fingerprint density at radius 1 is 1.36 bits per heavy atom. The molecule has 0 radical (unpaired) electrons. The number of methoxy groups -OCH3 is 1. The normalized spacial score (nSPS) is 11.5. The number of aromatic nitrogens is 2. The van der Waals surface area contributed by atoms with E-state index in [0.29, 0.717) is 33.7 Å². The highest BCUT2D eigenvalue weighted by Crippen LogP contribution is 2.32. The number of halogens is 1. The Bertz CT molecular complexity index is 1110. The third kappa shape index (κ3) is 4.46. The number of urea groups is 1. The number of sulfonamides is 1. The van der Waals surface area contributed by atoms with Gasteiger partial charge in [0.05, 0.1) is 22.1 Å². The van der Waals surface area contributed by atoms with Crippen LogP contribution in [0.1, 0.15) is 0 Å². The Labute approximate surface area is 173 Å². The molecule has 2 heterocycles. The molecule has 0 fully saturated rings. The van der Waals surface area contributed by atoms with Gasteiger partial charge in [0.1, 0.15) is 17.3 Å². The molecule has 0 saturated heterocycles. The minimum absolute atomic E-state index is 0.0299. The Kier molecular flexibility index (Phi) is 6.23. The van der Waals surface area contributed by atoms with Crippen molar-refractivity contribution in [2.24, 2.45) is 7.05 Å². The van der Waals surface area contributed by atoms with Crippen molar-refractivity contribution in [2.45, 2.75) is 4.90 Å². The highest BCUT2D eigenvalue weighted by atomic mass is 79.9. The summed E-state index contributed by atoms with van der Waals surface area (Å²) < 4.78 is 40.5. The third-order valence-electron chi connectivity index (χ3n) is 3.69. The minimum Gasteiger partial charge on any atom is -0.489 e. The number of fused-ring (bicyclic) bond motifs is 1. The summed E-state index contributed by atoms with van der Waals surface area (Å²) in [6.45, 7) is 0.730. The first kappa shape index (κ1) is 20.6. The number of hydrogen-bond donors (Lipinski definition) is 2. The molecule has 3 rings (SSSR count). The molecule has 0 spiro atoms. The van der Waals surface area contributed by atoms with Crippen LogP contribution < -0.4 is 14.8 Å². The van der Waals surface area contributed by atoms with Gasteiger partial charge in [-0.05, 0) is 22.0 Å². The molecule has 2 aromatic heterocycles. The Morgan fingerprint density at radius 3 is 2.82 bits per heavy atom. The summed E-state index contributed by atoms with van der Waals surface area (Å²) in [6.07, 6.45) is 2.94. The van der Waals surface area contributed by atoms with E-state index in [2.05, 4.69) is 26.2 Å². The standard InChI is InChI=1S/C16H17BrN4O5S2/c1-21-9-12(10-4-3-5-11(14(10)21)26-7-6-25-2)28(23,24)20-15(22)19-16-18-8-13(17)27-16/h3-5,8-9H,6-7H2,1-2H3,(H2,18,19,20,22). The van der Waals surface area contributed by atoms with Crippen molar-refractivity contribution in [1.29, 1.82) is 0 Å². The summed E-state index contributed by atoms with van der Waals surface area (Å²) in [6, 6.07) is 4.19. The summed E-state index contributed by atoms with van der Waals surface area (Å²) in [5.41, 5.74) is 0.600. The van der Waals surface area contributed by atoms with Crippen LogP contribution in [0.25, 0.3) is 10.9 Å². The largest absolute Gasteiger partial charge is 0.489 e. The van der Waals surface area contributed by atoms with Crippen molar-refractivity contribution in [2.75, 3.05) is 25.6 Å². The number of rotatable bonds is 7. The second-order valence-corrected chi connectivity index (χ2v) is 9.69. The number of nitrogens with one attached hydrogen (secondary N) is 2. The summed E-state index contributed by atoms with van der Waals surface area (Å²) >= 11 is 4.39. The number of ether oxygens (including phenoxy) is 2. The van der Waals surface area contributed by atoms with Crippen LogP contribution in [-0.4, -0.2) is 44.3 Å². The van der Waals surface area contributed by atoms with Gasteiger partial charge in [0.2, 0.25) is 0 Å². The van der Waals surface area contributed by atoms with Gasteiger partial charge in [0.25, 0.3) is 10.0 Å². The van der Waals surface area contributed by atoms with E-state index in [-0.39, 0.29) is 10.0 Å². The van der Waals surface area contributed by atoms with E-state index < -0.39 is 16.1 Å². The third-order valence-corrected chi connectivity index (χ3v) is 6.44. The summed E-state index contributed by atoms with van der Waals surface area (Å²) in [4.78, 5) is 16.0. The summed E-state index contributed by atoms with van der Waals surface area (Å²) in [5.74, 6) is 0.524. The molecule has 9 nitrogen and oxygen atoms in total. The first-order valence-electron chi connectivity index (χ1n) is 7.96. The van der Waals surface area contributed by atoms with E-state index in [1.165, 1.54) is 12.4 Å². The van der Waals surface area contributed by atoms with Crippen molar-refractivity contribution < 1.29 is 22.7 Å². The molecular weight excluding hydrogens is 472 g/mol. The zero-order valence-electron chi connectivity index (χ0n) is 14.9. The number of anilines is 1. The lowest BCUT2D eigenvalue weighted by Crippen LogP contribution is -2.34. The molecule has 0 aliphatic rings. The van der Waals surface area contributed by atoms with Gasteiger partial charge in [0, 0.05) is 25.7 Å². The maximum atomic E-state index is 12.8. The monoisotopic (exact) mass is 488 g/mol. The number of carbonyl (C=O) groups excluding carboxylic acids is 1. The van der Waals surface area contributed by atoms with Gasteiger partial charge < -0.3 is 14.0 Å². The molecule has 3 aromatic rings. The van der Waals surface area contributed by atoms with E-state index in [1.807, 2.05) is 4.72 Å². The Hall–Kier alpha value is -2.15. The van der Waals surface area contributed by atoms with Crippen LogP contribution in [-0.2, 0) is 21.8 Å². The summed E-state index contributed by atoms with van der Waals surface area (Å²) in [5, 5.41) is 3.10. The van der Waals surface area contributed by atoms with Crippen molar-refractivity contribution in [3.8, 4) is 5.75 Å². The van der Waals surface area contributed by atoms with Gasteiger partial charge in [0.15, 0.2) is 5.13 Å². The van der Waals surface area contributed by atoms with E-state index in [0.717, 1.165) is 11.3 Å². The van der Waals surface area contributed by atoms with Crippen LogP contribution in [0.2, 0.25) is 0 Å². The van der Waals surface area contributed by atoms with Crippen LogP contribution in [0.5, 0.6) is 5.75 Å². The molecule has 0 unspecified atom stereocenters. The van der Waals surface area contributed by atoms with E-state index >= 15 is 0 Å². The van der Waals surface area contributed by atoms with Crippen LogP contribution in [0.15, 0.2) is 39.3 Å². The number of benzene rings is 1. The maximum Gasteiger partial charge on any atom is 0.334 e. The van der Waals surface area contributed by atoms with Gasteiger partial charge in [-0.2, -0.15) is 0 Å². The number of hydrogen-bond acceptors (Lipinski definition) is 7. The number of amides is 2. The first-order chi connectivity index (χ1) is 13.3. The van der Waals surface area contributed by atoms with Crippen molar-refractivity contribution in [3.63, 3.8) is 0 Å². The smallest absolute Gasteiger partial charge is 0.334 e. The highest BCUT2D eigenvalue weighted by Gasteiger charge is 2.24. The topological polar surface area (TPSA) is 112 Å². The van der Waals surface area contributed by atoms with E-state index in [4.69, 9.17) is 9.47 Å². The maximum absolute atomic E-state index is 12.8. The average Bonchev–Trinajstić information content (AvgIpc) is 3.19. The van der Waals surface area contributed by atoms with E-state index in [1.54, 1.807) is 36.9 Å². The number of carbonyl (C=O) groups is 1. The van der Waals surface area contributed by atoms with Crippen LogP contribution >= 0.6 is 27.3 Å². The van der Waals surface area contributed by atoms with Crippen LogP contribution in [0.3, 0.4) is 0 Å². The van der Waals surface area contributed by atoms with Crippen LogP contribution in [0.4, 0.5) is 9.93 Å². The lowest BCUT2D eigenvalue weighted by atomic mass is 10.2. The molecule has 28 heavy (non-hydrogen) atoms. The molecular formula is C16H17BrN4O5S2. The summed E-state index contributed by atoms with van der Waals surface area (Å²) in [7, 11) is -0.845. The number of para-hydroxylation sites is 1. The fourth-order valence-corrected chi connectivity index (χ4v) is 4.83. The van der Waals surface area contributed by atoms with Crippen LogP contribution in [0, 0.1) is 0 Å². The molecule has 150 valence electrons. The molecule has 2 N–H and O–H groups in total. The molecule has 0 aliphatic heterocycles. The molecule has 2 amide bonds. The van der Waals surface area contributed by atoms with Crippen molar-refractivity contribution in [3.05, 3.63) is 34.4 Å². The fraction of sp³-hybridized carbons (Fsp3) is 0.250. The molecule has 0 saturated carbocycles. The first-order valence-corrected chi connectivity index (χ1v) is 11.1. The number of nitrogens with zero attached hydrogens (tertiary/aromatic N) is 2. The van der Waals surface area contributed by atoms with Gasteiger partial charge in [-0.3, -0.25) is 5.32 Å². The molecule has 0 aliphatic carbocycles. The molecule has 12 heteroatoms. The molecule has 0 atom stereocenters. The van der Waals surface area contributed by atoms with Gasteiger partial charge in [-0.1, -0.05) is 23.5 Å². The lowest BCUT2D eigenvalue weighted by molar-refractivity contribution is 0.147. The van der Waals surface area contributed by atoms with Crippen molar-refractivity contribution >= 4 is 59.4 Å². The molecule has 0 bridgehead atoms. The second-order valence-electron chi connectivity index (χ2n) is 5.63. The minimum atomic E-state index is -4.12. The lowest BCUT2D eigenvalue weighted by Gasteiger charge is -2.09. The Morgan fingerprint density at radius 2 is 2.14 bits per heavy atom. The predicted molar refractivity (Wildman–Crippen MR) is 109 cm³/mol. The van der Waals surface area contributed by atoms with Gasteiger partial charge in [-0.15, -0.1) is 0 Å².